The number of ether oxygens (including phenoxy) is 1. The molecule has 3 amide bonds. The molecule has 0 unspecified atom stereocenters. The maximum Gasteiger partial charge on any atom is 0.339 e. The van der Waals surface area contributed by atoms with E-state index in [-0.39, 0.29) is 23.8 Å². The third-order valence-corrected chi connectivity index (χ3v) is 6.54. The lowest BCUT2D eigenvalue weighted by Crippen LogP contribution is -2.51. The Kier molecular flexibility index (Phi) is 5.77. The number of carbonyl (C=O) groups is 3. The highest BCUT2D eigenvalue weighted by molar-refractivity contribution is 6.08. The van der Waals surface area contributed by atoms with Gasteiger partial charge < -0.3 is 15.3 Å². The van der Waals surface area contributed by atoms with Crippen molar-refractivity contribution < 1.29 is 23.9 Å². The van der Waals surface area contributed by atoms with Crippen LogP contribution in [0.2, 0.25) is 0 Å². The van der Waals surface area contributed by atoms with Crippen molar-refractivity contribution in [3.63, 3.8) is 0 Å². The summed E-state index contributed by atoms with van der Waals surface area (Å²) in [5.74, 6) is -0.619. The van der Waals surface area contributed by atoms with Crippen LogP contribution in [0.1, 0.15) is 58.7 Å². The quantitative estimate of drug-likeness (QED) is 0.334. The number of carbonyl (C=O) groups excluding carboxylic acids is 3. The SMILES string of the molecule is CCC(C)(C)C1CCC2(CC1)NC(=O)N(CC(=O)OCc1nccc[n+]1[O-])C2=O. The topological polar surface area (TPSA) is 116 Å². The molecule has 1 aliphatic carbocycles. The van der Waals surface area contributed by atoms with Crippen molar-refractivity contribution in [2.75, 3.05) is 6.54 Å². The third-order valence-electron chi connectivity index (χ3n) is 6.54. The molecule has 9 heteroatoms. The molecule has 0 radical (unpaired) electrons. The first-order valence-corrected chi connectivity index (χ1v) is 10.0. The van der Waals surface area contributed by atoms with Crippen molar-refractivity contribution in [2.24, 2.45) is 11.3 Å². The minimum atomic E-state index is -0.920. The van der Waals surface area contributed by atoms with Gasteiger partial charge in [-0.1, -0.05) is 27.2 Å². The number of nitrogens with one attached hydrogen (secondary N) is 1. The first-order chi connectivity index (χ1) is 13.7. The van der Waals surface area contributed by atoms with Gasteiger partial charge in [-0.05, 0) is 42.0 Å². The fourth-order valence-electron chi connectivity index (χ4n) is 4.15. The fraction of sp³-hybridized carbons (Fsp3) is 0.650. The smallest absolute Gasteiger partial charge is 0.339 e. The molecule has 1 aliphatic heterocycles. The number of hydrogen-bond donors (Lipinski definition) is 1. The van der Waals surface area contributed by atoms with Crippen LogP contribution < -0.4 is 10.0 Å². The van der Waals surface area contributed by atoms with Crippen LogP contribution in [0, 0.1) is 16.5 Å². The lowest BCUT2D eigenvalue weighted by Gasteiger charge is -2.42. The van der Waals surface area contributed by atoms with Crippen molar-refractivity contribution in [1.29, 1.82) is 0 Å². The zero-order valence-electron chi connectivity index (χ0n) is 17.1. The summed E-state index contributed by atoms with van der Waals surface area (Å²) in [4.78, 5) is 42.2. The zero-order valence-corrected chi connectivity index (χ0v) is 17.1. The first-order valence-electron chi connectivity index (χ1n) is 10.0. The lowest BCUT2D eigenvalue weighted by atomic mass is 9.65. The molecule has 1 saturated heterocycles. The Morgan fingerprint density at radius 2 is 2.10 bits per heavy atom. The van der Waals surface area contributed by atoms with Crippen LogP contribution in [0.4, 0.5) is 4.79 Å². The van der Waals surface area contributed by atoms with Gasteiger partial charge in [-0.15, -0.1) is 0 Å². The standard InChI is InChI=1S/C20H28N4O5/c1-4-19(2,3)14-6-8-20(9-7-14)17(26)23(18(27)22-20)12-16(25)29-13-15-21-10-5-11-24(15)28/h5,10-11,14H,4,6-9,12-13H2,1-3H3,(H,22,27). The largest absolute Gasteiger partial charge is 0.711 e. The second-order valence-electron chi connectivity index (χ2n) is 8.54. The summed E-state index contributed by atoms with van der Waals surface area (Å²) in [5.41, 5.74) is -0.725. The Morgan fingerprint density at radius 1 is 1.41 bits per heavy atom. The zero-order chi connectivity index (χ0) is 21.2. The molecular weight excluding hydrogens is 376 g/mol. The van der Waals surface area contributed by atoms with Gasteiger partial charge >= 0.3 is 17.8 Å². The Morgan fingerprint density at radius 3 is 2.72 bits per heavy atom. The van der Waals surface area contributed by atoms with Gasteiger partial charge in [0.2, 0.25) is 0 Å². The highest BCUT2D eigenvalue weighted by Crippen LogP contribution is 2.45. The summed E-state index contributed by atoms with van der Waals surface area (Å²) in [6.07, 6.45) is 6.57. The maximum atomic E-state index is 13.0. The number of rotatable bonds is 6. The molecule has 2 fully saturated rings. The predicted octanol–water partition coefficient (Wildman–Crippen LogP) is 1.68. The molecule has 9 nitrogen and oxygen atoms in total. The third kappa shape index (κ3) is 4.18. The van der Waals surface area contributed by atoms with Crippen molar-refractivity contribution in [1.82, 2.24) is 15.2 Å². The summed E-state index contributed by atoms with van der Waals surface area (Å²) in [7, 11) is 0. The van der Waals surface area contributed by atoms with E-state index >= 15 is 0 Å². The molecule has 0 bridgehead atoms. The minimum absolute atomic E-state index is 0.0198. The van der Waals surface area contributed by atoms with E-state index in [9.17, 15) is 19.6 Å². The Bertz CT molecular complexity index is 802. The molecule has 158 valence electrons. The van der Waals surface area contributed by atoms with Crippen LogP contribution in [0.3, 0.4) is 0 Å². The van der Waals surface area contributed by atoms with E-state index in [1.165, 1.54) is 18.5 Å². The van der Waals surface area contributed by atoms with E-state index in [0.29, 0.717) is 23.5 Å². The highest BCUT2D eigenvalue weighted by atomic mass is 16.5. The van der Waals surface area contributed by atoms with Gasteiger partial charge in [0.15, 0.2) is 6.61 Å². The van der Waals surface area contributed by atoms with E-state index in [1.54, 1.807) is 0 Å². The van der Waals surface area contributed by atoms with Crippen LogP contribution in [-0.4, -0.2) is 39.9 Å². The Labute approximate surface area is 170 Å². The van der Waals surface area contributed by atoms with Gasteiger partial charge in [-0.3, -0.25) is 14.5 Å². The second-order valence-corrected chi connectivity index (χ2v) is 8.54. The predicted molar refractivity (Wildman–Crippen MR) is 102 cm³/mol. The molecule has 2 aliphatic rings. The number of nitrogens with zero attached hydrogens (tertiary/aromatic N) is 3. The molecular formula is C20H28N4O5. The molecule has 1 aromatic heterocycles. The molecule has 2 heterocycles. The van der Waals surface area contributed by atoms with Crippen molar-refractivity contribution >= 4 is 17.9 Å². The number of esters is 1. The summed E-state index contributed by atoms with van der Waals surface area (Å²) in [5, 5.41) is 14.3. The molecule has 0 atom stereocenters. The lowest BCUT2D eigenvalue weighted by molar-refractivity contribution is -0.620. The van der Waals surface area contributed by atoms with Gasteiger partial charge in [0.05, 0.1) is 6.20 Å². The van der Waals surface area contributed by atoms with Crippen molar-refractivity contribution in [2.45, 2.75) is 65.0 Å². The monoisotopic (exact) mass is 404 g/mol. The number of amides is 3. The van der Waals surface area contributed by atoms with Gasteiger partial charge in [-0.25, -0.2) is 9.52 Å². The van der Waals surface area contributed by atoms with E-state index in [0.717, 1.165) is 24.2 Å². The van der Waals surface area contributed by atoms with E-state index < -0.39 is 24.1 Å². The average Bonchev–Trinajstić information content (AvgIpc) is 2.92. The van der Waals surface area contributed by atoms with E-state index in [4.69, 9.17) is 4.74 Å². The molecule has 3 rings (SSSR count). The van der Waals surface area contributed by atoms with Crippen molar-refractivity contribution in [3.8, 4) is 0 Å². The molecule has 1 spiro atoms. The van der Waals surface area contributed by atoms with Gasteiger partial charge in [0.25, 0.3) is 5.91 Å². The van der Waals surface area contributed by atoms with E-state index in [2.05, 4.69) is 31.1 Å². The second kappa shape index (κ2) is 7.96. The first kappa shape index (κ1) is 21.0. The normalized spacial score (nSPS) is 24.7. The average molecular weight is 404 g/mol. The molecule has 1 aromatic rings. The van der Waals surface area contributed by atoms with Gasteiger partial charge in [-0.2, -0.15) is 0 Å². The number of imide groups is 1. The minimum Gasteiger partial charge on any atom is -0.711 e. The van der Waals surface area contributed by atoms with Crippen LogP contribution in [-0.2, 0) is 20.9 Å². The van der Waals surface area contributed by atoms with Crippen molar-refractivity contribution in [3.05, 3.63) is 29.5 Å². The number of urea groups is 1. The van der Waals surface area contributed by atoms with Crippen LogP contribution in [0.5, 0.6) is 0 Å². The Hall–Kier alpha value is -2.71. The van der Waals surface area contributed by atoms with Crippen LogP contribution in [0.25, 0.3) is 0 Å². The van der Waals surface area contributed by atoms with E-state index in [1.807, 2.05) is 0 Å². The van der Waals surface area contributed by atoms with Crippen LogP contribution in [0.15, 0.2) is 18.5 Å². The van der Waals surface area contributed by atoms with Gasteiger partial charge in [0.1, 0.15) is 18.3 Å². The summed E-state index contributed by atoms with van der Waals surface area (Å²) in [6.45, 7) is 5.83. The molecule has 1 N–H and O–H groups in total. The number of hydrogen-bond acceptors (Lipinski definition) is 6. The van der Waals surface area contributed by atoms with Gasteiger partial charge in [0, 0.05) is 6.07 Å². The highest BCUT2D eigenvalue weighted by Gasteiger charge is 2.53. The summed E-state index contributed by atoms with van der Waals surface area (Å²) >= 11 is 0. The summed E-state index contributed by atoms with van der Waals surface area (Å²) in [6, 6.07) is 0.887. The number of aromatic nitrogens is 2. The maximum absolute atomic E-state index is 13.0. The molecule has 29 heavy (non-hydrogen) atoms. The fourth-order valence-corrected chi connectivity index (χ4v) is 4.15. The molecule has 0 aromatic carbocycles. The molecule has 1 saturated carbocycles. The summed E-state index contributed by atoms with van der Waals surface area (Å²) < 4.78 is 5.52. The van der Waals surface area contributed by atoms with Crippen LogP contribution >= 0.6 is 0 Å². The Balaban J connectivity index is 1.58.